The van der Waals surface area contributed by atoms with Crippen LogP contribution in [0.25, 0.3) is 0 Å². The summed E-state index contributed by atoms with van der Waals surface area (Å²) in [6, 6.07) is 1.11. The van der Waals surface area contributed by atoms with Gasteiger partial charge in [0.2, 0.25) is 10.0 Å². The monoisotopic (exact) mass is 291 g/mol. The number of sulfonamides is 1. The Balaban J connectivity index is 2.60. The predicted octanol–water partition coefficient (Wildman–Crippen LogP) is 1.59. The summed E-state index contributed by atoms with van der Waals surface area (Å²) in [6.45, 7) is 0.0632. The molecule has 1 saturated heterocycles. The van der Waals surface area contributed by atoms with E-state index in [1.165, 1.54) is 0 Å². The lowest BCUT2D eigenvalue weighted by molar-refractivity contribution is 0.0697. The van der Waals surface area contributed by atoms with Crippen molar-refractivity contribution >= 4 is 21.7 Å². The maximum Gasteiger partial charge on any atom is 0.337 e. The van der Waals surface area contributed by atoms with Crippen LogP contribution in [0.4, 0.5) is 14.5 Å². The summed E-state index contributed by atoms with van der Waals surface area (Å²) in [6.07, 6.45) is 1.00. The highest BCUT2D eigenvalue weighted by Crippen LogP contribution is 2.29. The molecule has 2 rings (SSSR count). The molecule has 1 aromatic rings. The number of benzene rings is 1. The molecule has 1 aliphatic heterocycles. The van der Waals surface area contributed by atoms with Crippen molar-refractivity contribution in [3.05, 3.63) is 29.3 Å². The van der Waals surface area contributed by atoms with Crippen LogP contribution in [0.15, 0.2) is 12.1 Å². The van der Waals surface area contributed by atoms with Gasteiger partial charge in [0.1, 0.15) is 0 Å². The van der Waals surface area contributed by atoms with Gasteiger partial charge in [-0.1, -0.05) is 0 Å². The first-order valence-electron chi connectivity index (χ1n) is 5.55. The number of rotatable bonds is 2. The Kier molecular flexibility index (Phi) is 3.44. The van der Waals surface area contributed by atoms with Gasteiger partial charge in [-0.3, -0.25) is 4.31 Å². The van der Waals surface area contributed by atoms with E-state index in [1.807, 2.05) is 0 Å². The zero-order valence-corrected chi connectivity index (χ0v) is 10.6. The number of hydrogen-bond acceptors (Lipinski definition) is 3. The highest BCUT2D eigenvalue weighted by molar-refractivity contribution is 7.92. The molecule has 19 heavy (non-hydrogen) atoms. The van der Waals surface area contributed by atoms with E-state index in [1.54, 1.807) is 0 Å². The van der Waals surface area contributed by atoms with Crippen molar-refractivity contribution in [1.29, 1.82) is 0 Å². The van der Waals surface area contributed by atoms with Crippen LogP contribution in [0.3, 0.4) is 0 Å². The van der Waals surface area contributed by atoms with E-state index in [4.69, 9.17) is 5.11 Å². The molecule has 0 radical (unpaired) electrons. The van der Waals surface area contributed by atoms with Crippen LogP contribution in [0.5, 0.6) is 0 Å². The minimum Gasteiger partial charge on any atom is -0.478 e. The van der Waals surface area contributed by atoms with E-state index < -0.39 is 33.2 Å². The van der Waals surface area contributed by atoms with Gasteiger partial charge < -0.3 is 5.11 Å². The highest BCUT2D eigenvalue weighted by atomic mass is 32.2. The van der Waals surface area contributed by atoms with Crippen molar-refractivity contribution in [3.8, 4) is 0 Å². The van der Waals surface area contributed by atoms with Gasteiger partial charge in [-0.15, -0.1) is 0 Å². The van der Waals surface area contributed by atoms with Gasteiger partial charge in [0.15, 0.2) is 11.6 Å². The van der Waals surface area contributed by atoms with E-state index in [-0.39, 0.29) is 18.0 Å². The molecule has 0 atom stereocenters. The maximum atomic E-state index is 13.2. The number of halogens is 2. The number of hydrogen-bond donors (Lipinski definition) is 1. The first-order chi connectivity index (χ1) is 8.83. The number of aromatic carboxylic acids is 1. The molecule has 0 saturated carbocycles. The molecule has 5 nitrogen and oxygen atoms in total. The molecule has 8 heteroatoms. The standard InChI is InChI=1S/C11H11F2NO4S/c12-8-5-7(11(15)16)10(6-9(8)13)14-3-1-2-4-19(14,17)18/h5-6H,1-4H2,(H,15,16). The molecular weight excluding hydrogens is 280 g/mol. The largest absolute Gasteiger partial charge is 0.478 e. The second-order valence-electron chi connectivity index (χ2n) is 4.18. The Bertz CT molecular complexity index is 630. The van der Waals surface area contributed by atoms with Gasteiger partial charge in [0, 0.05) is 12.6 Å². The smallest absolute Gasteiger partial charge is 0.337 e. The summed E-state index contributed by atoms with van der Waals surface area (Å²) < 4.78 is 50.9. The topological polar surface area (TPSA) is 74.7 Å². The van der Waals surface area contributed by atoms with E-state index in [9.17, 15) is 22.0 Å². The van der Waals surface area contributed by atoms with Gasteiger partial charge in [0.25, 0.3) is 0 Å². The van der Waals surface area contributed by atoms with Gasteiger partial charge in [-0.2, -0.15) is 0 Å². The number of carboxylic acids is 1. The first kappa shape index (κ1) is 13.7. The fourth-order valence-electron chi connectivity index (χ4n) is 1.97. The third kappa shape index (κ3) is 2.53. The molecule has 1 fully saturated rings. The Morgan fingerprint density at radius 3 is 2.42 bits per heavy atom. The Labute approximate surface area is 108 Å². The van der Waals surface area contributed by atoms with Crippen molar-refractivity contribution in [2.45, 2.75) is 12.8 Å². The van der Waals surface area contributed by atoms with E-state index in [2.05, 4.69) is 0 Å². The molecule has 0 aliphatic carbocycles. The van der Waals surface area contributed by atoms with Crippen molar-refractivity contribution < 1.29 is 27.1 Å². The fraction of sp³-hybridized carbons (Fsp3) is 0.364. The Hall–Kier alpha value is -1.70. The molecule has 1 aromatic carbocycles. The molecule has 1 aliphatic rings. The quantitative estimate of drug-likeness (QED) is 0.898. The second kappa shape index (κ2) is 4.76. The summed E-state index contributed by atoms with van der Waals surface area (Å²) in [7, 11) is -3.68. The van der Waals surface area contributed by atoms with Crippen LogP contribution in [0.1, 0.15) is 23.2 Å². The normalized spacial score (nSPS) is 18.3. The second-order valence-corrected chi connectivity index (χ2v) is 6.20. The zero-order valence-electron chi connectivity index (χ0n) is 9.77. The lowest BCUT2D eigenvalue weighted by Gasteiger charge is -2.29. The van der Waals surface area contributed by atoms with Crippen molar-refractivity contribution in [1.82, 2.24) is 0 Å². The molecule has 0 amide bonds. The average Bonchev–Trinajstić information content (AvgIpc) is 2.31. The Morgan fingerprint density at radius 1 is 1.21 bits per heavy atom. The van der Waals surface area contributed by atoms with Gasteiger partial charge in [0.05, 0.1) is 17.0 Å². The number of nitrogens with zero attached hydrogens (tertiary/aromatic N) is 1. The molecule has 0 unspecified atom stereocenters. The number of carboxylic acid groups (broad SMARTS) is 1. The maximum absolute atomic E-state index is 13.2. The number of anilines is 1. The van der Waals surface area contributed by atoms with Crippen molar-refractivity contribution in [3.63, 3.8) is 0 Å². The minimum absolute atomic E-state index is 0.0632. The molecule has 0 aromatic heterocycles. The molecule has 1 N–H and O–H groups in total. The lowest BCUT2D eigenvalue weighted by Crippen LogP contribution is -2.38. The summed E-state index contributed by atoms with van der Waals surface area (Å²) in [4.78, 5) is 11.0. The summed E-state index contributed by atoms with van der Waals surface area (Å²) >= 11 is 0. The van der Waals surface area contributed by atoms with Crippen molar-refractivity contribution in [2.24, 2.45) is 0 Å². The van der Waals surface area contributed by atoms with E-state index in [0.29, 0.717) is 25.0 Å². The van der Waals surface area contributed by atoms with Crippen molar-refractivity contribution in [2.75, 3.05) is 16.6 Å². The van der Waals surface area contributed by atoms with Gasteiger partial charge >= 0.3 is 5.97 Å². The molecular formula is C11H11F2NO4S. The number of carbonyl (C=O) groups is 1. The summed E-state index contributed by atoms with van der Waals surface area (Å²) in [5.74, 6) is -4.24. The molecule has 104 valence electrons. The molecule has 0 bridgehead atoms. The summed E-state index contributed by atoms with van der Waals surface area (Å²) in [5.41, 5.74) is -0.893. The summed E-state index contributed by atoms with van der Waals surface area (Å²) in [5, 5.41) is 8.97. The van der Waals surface area contributed by atoms with Crippen LogP contribution in [0, 0.1) is 11.6 Å². The van der Waals surface area contributed by atoms with Crippen LogP contribution >= 0.6 is 0 Å². The third-order valence-corrected chi connectivity index (χ3v) is 4.74. The van der Waals surface area contributed by atoms with Gasteiger partial charge in [-0.25, -0.2) is 22.0 Å². The average molecular weight is 291 g/mol. The lowest BCUT2D eigenvalue weighted by atomic mass is 10.1. The van der Waals surface area contributed by atoms with Crippen LogP contribution in [0.2, 0.25) is 0 Å². The van der Waals surface area contributed by atoms with Crippen LogP contribution < -0.4 is 4.31 Å². The van der Waals surface area contributed by atoms with E-state index in [0.717, 1.165) is 4.31 Å². The SMILES string of the molecule is O=C(O)c1cc(F)c(F)cc1N1CCCCS1(=O)=O. The third-order valence-electron chi connectivity index (χ3n) is 2.89. The van der Waals surface area contributed by atoms with Crippen LogP contribution in [-0.4, -0.2) is 31.8 Å². The molecule has 1 heterocycles. The molecule has 0 spiro atoms. The minimum atomic E-state index is -3.68. The van der Waals surface area contributed by atoms with E-state index >= 15 is 0 Å². The fourth-order valence-corrected chi connectivity index (χ4v) is 3.62. The van der Waals surface area contributed by atoms with Gasteiger partial charge in [-0.05, 0) is 18.9 Å². The van der Waals surface area contributed by atoms with Crippen LogP contribution in [-0.2, 0) is 10.0 Å². The zero-order chi connectivity index (χ0) is 14.2. The predicted molar refractivity (Wildman–Crippen MR) is 63.7 cm³/mol. The first-order valence-corrected chi connectivity index (χ1v) is 7.16. The Morgan fingerprint density at radius 2 is 1.84 bits per heavy atom. The highest BCUT2D eigenvalue weighted by Gasteiger charge is 2.30.